The fourth-order valence-corrected chi connectivity index (χ4v) is 3.80. The van der Waals surface area contributed by atoms with Gasteiger partial charge < -0.3 is 10.2 Å². The van der Waals surface area contributed by atoms with E-state index in [9.17, 15) is 13.2 Å². The van der Waals surface area contributed by atoms with Crippen molar-refractivity contribution >= 4 is 16.0 Å². The van der Waals surface area contributed by atoms with Crippen molar-refractivity contribution in [1.82, 2.24) is 4.72 Å². The molecule has 118 valence electrons. The first kappa shape index (κ1) is 17.6. The monoisotopic (exact) mass is 315 g/mol. The van der Waals surface area contributed by atoms with Crippen LogP contribution in [0.25, 0.3) is 0 Å². The van der Waals surface area contributed by atoms with Crippen LogP contribution in [-0.2, 0) is 10.0 Å². The van der Waals surface area contributed by atoms with Gasteiger partial charge >= 0.3 is 5.97 Å². The number of aryl methyl sites for hydroxylation is 2. The largest absolute Gasteiger partial charge is 0.478 e. The SMILES string of the molecule is Cc1cc(C)c(S(=O)(=O)NC(C)(C)CCO)cc1C(=O)O. The molecule has 0 amide bonds. The quantitative estimate of drug-likeness (QED) is 0.737. The Labute approximate surface area is 124 Å². The van der Waals surface area contributed by atoms with Gasteiger partial charge in [0.25, 0.3) is 0 Å². The first-order valence-electron chi connectivity index (χ1n) is 6.49. The highest BCUT2D eigenvalue weighted by Crippen LogP contribution is 2.22. The van der Waals surface area contributed by atoms with Gasteiger partial charge in [-0.1, -0.05) is 6.07 Å². The molecule has 7 heteroatoms. The van der Waals surface area contributed by atoms with Gasteiger partial charge in [0, 0.05) is 12.1 Å². The van der Waals surface area contributed by atoms with E-state index in [1.54, 1.807) is 27.7 Å². The number of hydrogen-bond donors (Lipinski definition) is 3. The smallest absolute Gasteiger partial charge is 0.335 e. The van der Waals surface area contributed by atoms with Crippen LogP contribution in [0.3, 0.4) is 0 Å². The van der Waals surface area contributed by atoms with Gasteiger partial charge in [-0.05, 0) is 51.3 Å². The molecular formula is C14H21NO5S. The number of benzene rings is 1. The van der Waals surface area contributed by atoms with Crippen molar-refractivity contribution in [3.05, 3.63) is 28.8 Å². The Bertz CT molecular complexity index is 650. The van der Waals surface area contributed by atoms with Crippen LogP contribution in [0.2, 0.25) is 0 Å². The summed E-state index contributed by atoms with van der Waals surface area (Å²) < 4.78 is 27.4. The molecule has 0 aliphatic heterocycles. The summed E-state index contributed by atoms with van der Waals surface area (Å²) in [5, 5.41) is 18.1. The second kappa shape index (κ2) is 6.13. The van der Waals surface area contributed by atoms with E-state index in [-0.39, 0.29) is 23.5 Å². The molecule has 0 saturated carbocycles. The lowest BCUT2D eigenvalue weighted by Crippen LogP contribution is -2.44. The van der Waals surface area contributed by atoms with E-state index in [0.29, 0.717) is 11.1 Å². The van der Waals surface area contributed by atoms with Gasteiger partial charge in [0.1, 0.15) is 0 Å². The van der Waals surface area contributed by atoms with Crippen molar-refractivity contribution < 1.29 is 23.4 Å². The molecule has 0 aliphatic rings. The molecule has 0 fully saturated rings. The van der Waals surface area contributed by atoms with Crippen LogP contribution < -0.4 is 4.72 Å². The molecule has 1 aromatic rings. The van der Waals surface area contributed by atoms with E-state index < -0.39 is 21.5 Å². The molecule has 0 heterocycles. The van der Waals surface area contributed by atoms with Crippen LogP contribution in [0.4, 0.5) is 0 Å². The van der Waals surface area contributed by atoms with E-state index in [1.165, 1.54) is 12.1 Å². The number of nitrogens with one attached hydrogen (secondary N) is 1. The molecule has 0 bridgehead atoms. The molecule has 0 unspecified atom stereocenters. The molecule has 21 heavy (non-hydrogen) atoms. The molecule has 0 aromatic heterocycles. The third-order valence-corrected chi connectivity index (χ3v) is 5.03. The number of aromatic carboxylic acids is 1. The Balaban J connectivity index is 3.32. The summed E-state index contributed by atoms with van der Waals surface area (Å²) in [6.07, 6.45) is 0.253. The Hall–Kier alpha value is -1.44. The van der Waals surface area contributed by atoms with Crippen molar-refractivity contribution in [2.75, 3.05) is 6.61 Å². The predicted molar refractivity (Wildman–Crippen MR) is 79.0 cm³/mol. The zero-order valence-electron chi connectivity index (χ0n) is 12.6. The standard InChI is InChI=1S/C14H21NO5S/c1-9-7-10(2)12(8-11(9)13(17)18)21(19,20)15-14(3,4)5-6-16/h7-8,15-16H,5-6H2,1-4H3,(H,17,18). The molecule has 6 nitrogen and oxygen atoms in total. The first-order chi connectivity index (χ1) is 9.50. The van der Waals surface area contributed by atoms with Gasteiger partial charge in [-0.15, -0.1) is 0 Å². The van der Waals surface area contributed by atoms with Gasteiger partial charge in [-0.2, -0.15) is 0 Å². The summed E-state index contributed by atoms with van der Waals surface area (Å²) in [5.41, 5.74) is 0.119. The summed E-state index contributed by atoms with van der Waals surface area (Å²) in [4.78, 5) is 11.1. The highest BCUT2D eigenvalue weighted by Gasteiger charge is 2.28. The second-order valence-electron chi connectivity index (χ2n) is 5.70. The fraction of sp³-hybridized carbons (Fsp3) is 0.500. The highest BCUT2D eigenvalue weighted by atomic mass is 32.2. The van der Waals surface area contributed by atoms with Gasteiger partial charge in [0.05, 0.1) is 10.5 Å². The molecule has 0 aliphatic carbocycles. The maximum absolute atomic E-state index is 12.4. The number of carbonyl (C=O) groups is 1. The highest BCUT2D eigenvalue weighted by molar-refractivity contribution is 7.89. The number of rotatable bonds is 6. The van der Waals surface area contributed by atoms with E-state index in [2.05, 4.69) is 4.72 Å². The fourth-order valence-electron chi connectivity index (χ4n) is 2.10. The summed E-state index contributed by atoms with van der Waals surface area (Å²) >= 11 is 0. The Morgan fingerprint density at radius 1 is 1.24 bits per heavy atom. The second-order valence-corrected chi connectivity index (χ2v) is 7.35. The van der Waals surface area contributed by atoms with Gasteiger partial charge in [-0.25, -0.2) is 17.9 Å². The number of sulfonamides is 1. The molecule has 3 N–H and O–H groups in total. The number of aliphatic hydroxyl groups excluding tert-OH is 1. The van der Waals surface area contributed by atoms with Crippen LogP contribution in [-0.4, -0.2) is 36.7 Å². The van der Waals surface area contributed by atoms with Crippen molar-refractivity contribution in [3.63, 3.8) is 0 Å². The van der Waals surface area contributed by atoms with Crippen LogP contribution in [0.15, 0.2) is 17.0 Å². The minimum absolute atomic E-state index is 0.0408. The van der Waals surface area contributed by atoms with E-state index >= 15 is 0 Å². The van der Waals surface area contributed by atoms with Crippen molar-refractivity contribution in [3.8, 4) is 0 Å². The summed E-state index contributed by atoms with van der Waals surface area (Å²) in [6, 6.07) is 2.71. The molecule has 0 saturated heterocycles. The van der Waals surface area contributed by atoms with Crippen LogP contribution in [0, 0.1) is 13.8 Å². The minimum atomic E-state index is -3.87. The third-order valence-electron chi connectivity index (χ3n) is 3.19. The number of aliphatic hydroxyl groups is 1. The first-order valence-corrected chi connectivity index (χ1v) is 7.98. The Morgan fingerprint density at radius 3 is 2.29 bits per heavy atom. The number of hydrogen-bond acceptors (Lipinski definition) is 4. The Kier molecular flexibility index (Phi) is 5.14. The minimum Gasteiger partial charge on any atom is -0.478 e. The predicted octanol–water partition coefficient (Wildman–Crippen LogP) is 1.44. The zero-order chi connectivity index (χ0) is 16.4. The van der Waals surface area contributed by atoms with Gasteiger partial charge in [-0.3, -0.25) is 0 Å². The van der Waals surface area contributed by atoms with Crippen LogP contribution in [0.1, 0.15) is 41.8 Å². The van der Waals surface area contributed by atoms with Gasteiger partial charge in [0.2, 0.25) is 10.0 Å². The third kappa shape index (κ3) is 4.26. The average Bonchev–Trinajstić information content (AvgIpc) is 2.25. The lowest BCUT2D eigenvalue weighted by molar-refractivity contribution is 0.0696. The maximum atomic E-state index is 12.4. The van der Waals surface area contributed by atoms with Gasteiger partial charge in [0.15, 0.2) is 0 Å². The van der Waals surface area contributed by atoms with Crippen molar-refractivity contribution in [2.45, 2.75) is 44.6 Å². The zero-order valence-corrected chi connectivity index (χ0v) is 13.4. The Morgan fingerprint density at radius 2 is 1.81 bits per heavy atom. The summed E-state index contributed by atoms with van der Waals surface area (Å²) in [5.74, 6) is -1.17. The molecule has 1 aromatic carbocycles. The summed E-state index contributed by atoms with van der Waals surface area (Å²) in [6.45, 7) is 6.40. The van der Waals surface area contributed by atoms with Crippen molar-refractivity contribution in [1.29, 1.82) is 0 Å². The van der Waals surface area contributed by atoms with E-state index in [4.69, 9.17) is 10.2 Å². The van der Waals surface area contributed by atoms with Crippen LogP contribution in [0.5, 0.6) is 0 Å². The number of carboxylic acid groups (broad SMARTS) is 1. The maximum Gasteiger partial charge on any atom is 0.335 e. The molecule has 0 atom stereocenters. The molecule has 0 radical (unpaired) electrons. The molecule has 1 rings (SSSR count). The molecule has 0 spiro atoms. The van der Waals surface area contributed by atoms with Crippen LogP contribution >= 0.6 is 0 Å². The lowest BCUT2D eigenvalue weighted by atomic mass is 10.0. The van der Waals surface area contributed by atoms with E-state index in [1.807, 2.05) is 0 Å². The lowest BCUT2D eigenvalue weighted by Gasteiger charge is -2.25. The number of carboxylic acids is 1. The van der Waals surface area contributed by atoms with E-state index in [0.717, 1.165) is 0 Å². The average molecular weight is 315 g/mol. The summed E-state index contributed by atoms with van der Waals surface area (Å²) in [7, 11) is -3.87. The molecular weight excluding hydrogens is 294 g/mol. The topological polar surface area (TPSA) is 104 Å². The normalized spacial score (nSPS) is 12.4. The van der Waals surface area contributed by atoms with Crippen molar-refractivity contribution in [2.24, 2.45) is 0 Å².